The fraction of sp³-hybridized carbons (Fsp3) is 0.303. The Balaban J connectivity index is 1.37. The molecule has 2 amide bonds. The number of halogens is 1. The molecule has 2 heterocycles. The number of carbonyl (C=O) groups excluding carboxylic acids is 2. The minimum absolute atomic E-state index is 0.0726. The monoisotopic (exact) mass is 644 g/mol. The largest absolute Gasteiger partial charge is 0.497 e. The summed E-state index contributed by atoms with van der Waals surface area (Å²) in [6.07, 6.45) is 3.61. The molecule has 12 heteroatoms. The molecule has 5 aromatic rings. The van der Waals surface area contributed by atoms with Gasteiger partial charge in [0.2, 0.25) is 11.8 Å². The lowest BCUT2D eigenvalue weighted by Gasteiger charge is -2.44. The minimum Gasteiger partial charge on any atom is -0.497 e. The topological polar surface area (TPSA) is 111 Å². The van der Waals surface area contributed by atoms with Crippen LogP contribution in [0.3, 0.4) is 0 Å². The predicted molar refractivity (Wildman–Crippen MR) is 175 cm³/mol. The average molecular weight is 645 g/mol. The predicted octanol–water partition coefficient (Wildman–Crippen LogP) is 6.60. The van der Waals surface area contributed by atoms with Crippen LogP contribution in [0.1, 0.15) is 37.1 Å². The quantitative estimate of drug-likeness (QED) is 0.182. The number of para-hydroxylation sites is 1. The lowest BCUT2D eigenvalue weighted by atomic mass is 9.79. The maximum atomic E-state index is 14.5. The first-order valence-electron chi connectivity index (χ1n) is 14.7. The number of rotatable bonds is 10. The van der Waals surface area contributed by atoms with E-state index in [2.05, 4.69) is 15.6 Å². The SMILES string of the molecule is COc1ccc(NC(=O)C2(N(Cc3nc(-c4ccc(Cl)cc4)cs3)C(=O)Cn3nnc4ccccc43)CCCCC2)c(OC)c1. The van der Waals surface area contributed by atoms with Gasteiger partial charge in [-0.2, -0.15) is 0 Å². The lowest BCUT2D eigenvalue weighted by Crippen LogP contribution is -2.60. The Hall–Kier alpha value is -4.48. The molecule has 0 aliphatic heterocycles. The number of amides is 2. The maximum Gasteiger partial charge on any atom is 0.250 e. The number of carbonyl (C=O) groups is 2. The van der Waals surface area contributed by atoms with Crippen LogP contribution < -0.4 is 14.8 Å². The normalized spacial score (nSPS) is 14.2. The summed E-state index contributed by atoms with van der Waals surface area (Å²) in [6, 6.07) is 20.2. The van der Waals surface area contributed by atoms with Gasteiger partial charge in [0.05, 0.1) is 37.7 Å². The highest BCUT2D eigenvalue weighted by atomic mass is 35.5. The molecule has 0 bridgehead atoms. The van der Waals surface area contributed by atoms with Crippen molar-refractivity contribution < 1.29 is 19.1 Å². The van der Waals surface area contributed by atoms with Crippen molar-refractivity contribution in [2.75, 3.05) is 19.5 Å². The summed E-state index contributed by atoms with van der Waals surface area (Å²) in [5, 5.41) is 14.9. The highest BCUT2D eigenvalue weighted by Gasteiger charge is 2.47. The first-order chi connectivity index (χ1) is 21.9. The molecule has 45 heavy (non-hydrogen) atoms. The summed E-state index contributed by atoms with van der Waals surface area (Å²) in [5.74, 6) is 0.562. The number of anilines is 1. The molecule has 1 N–H and O–H groups in total. The van der Waals surface area contributed by atoms with Crippen molar-refractivity contribution in [3.05, 3.63) is 82.1 Å². The summed E-state index contributed by atoms with van der Waals surface area (Å²) < 4.78 is 12.5. The Kier molecular flexibility index (Phi) is 8.99. The lowest BCUT2D eigenvalue weighted by molar-refractivity contribution is -0.149. The van der Waals surface area contributed by atoms with Gasteiger partial charge in [-0.05, 0) is 49.2 Å². The third-order valence-corrected chi connectivity index (χ3v) is 9.35. The van der Waals surface area contributed by atoms with Crippen LogP contribution in [0.25, 0.3) is 22.3 Å². The number of aromatic nitrogens is 4. The Bertz CT molecular complexity index is 1820. The van der Waals surface area contributed by atoms with E-state index in [1.807, 2.05) is 53.9 Å². The number of nitrogens with one attached hydrogen (secondary N) is 1. The zero-order valence-corrected chi connectivity index (χ0v) is 26.6. The molecule has 1 fully saturated rings. The Morgan fingerprint density at radius 1 is 1.02 bits per heavy atom. The number of hydrogen-bond acceptors (Lipinski definition) is 8. The van der Waals surface area contributed by atoms with E-state index in [1.165, 1.54) is 11.3 Å². The van der Waals surface area contributed by atoms with Crippen LogP contribution in [-0.4, -0.2) is 56.5 Å². The molecule has 232 valence electrons. The zero-order chi connectivity index (χ0) is 31.4. The van der Waals surface area contributed by atoms with Gasteiger partial charge in [0.25, 0.3) is 0 Å². The van der Waals surface area contributed by atoms with Crippen LogP contribution in [0.4, 0.5) is 5.69 Å². The number of methoxy groups -OCH3 is 2. The van der Waals surface area contributed by atoms with Crippen LogP contribution in [0.15, 0.2) is 72.1 Å². The van der Waals surface area contributed by atoms with Crippen molar-refractivity contribution in [1.29, 1.82) is 0 Å². The smallest absolute Gasteiger partial charge is 0.250 e. The second-order valence-corrected chi connectivity index (χ2v) is 12.3. The number of ether oxygens (including phenoxy) is 2. The number of hydrogen-bond donors (Lipinski definition) is 1. The molecule has 3 aromatic carbocycles. The first kappa shape index (κ1) is 30.5. The van der Waals surface area contributed by atoms with Crippen LogP contribution in [-0.2, 0) is 22.7 Å². The van der Waals surface area contributed by atoms with Crippen molar-refractivity contribution in [2.45, 2.75) is 50.7 Å². The van der Waals surface area contributed by atoms with Gasteiger partial charge in [0.1, 0.15) is 34.1 Å². The van der Waals surface area contributed by atoms with Gasteiger partial charge in [-0.25, -0.2) is 9.67 Å². The molecule has 0 atom stereocenters. The minimum atomic E-state index is -1.12. The van der Waals surface area contributed by atoms with Crippen molar-refractivity contribution in [3.8, 4) is 22.8 Å². The summed E-state index contributed by atoms with van der Waals surface area (Å²) in [7, 11) is 3.11. The third kappa shape index (κ3) is 6.36. The van der Waals surface area contributed by atoms with Crippen molar-refractivity contribution in [3.63, 3.8) is 0 Å². The van der Waals surface area contributed by atoms with E-state index in [1.54, 1.807) is 42.0 Å². The van der Waals surface area contributed by atoms with Crippen LogP contribution >= 0.6 is 22.9 Å². The van der Waals surface area contributed by atoms with E-state index in [-0.39, 0.29) is 24.9 Å². The van der Waals surface area contributed by atoms with Gasteiger partial charge in [-0.3, -0.25) is 9.59 Å². The third-order valence-electron chi connectivity index (χ3n) is 8.27. The van der Waals surface area contributed by atoms with E-state index in [4.69, 9.17) is 26.1 Å². The highest BCUT2D eigenvalue weighted by Crippen LogP contribution is 2.39. The summed E-state index contributed by atoms with van der Waals surface area (Å²) in [4.78, 5) is 35.5. The molecular weight excluding hydrogens is 612 g/mol. The van der Waals surface area contributed by atoms with Crippen LogP contribution in [0.5, 0.6) is 11.5 Å². The molecule has 10 nitrogen and oxygen atoms in total. The van der Waals surface area contributed by atoms with Gasteiger partial charge < -0.3 is 19.7 Å². The van der Waals surface area contributed by atoms with Gasteiger partial charge in [0.15, 0.2) is 0 Å². The van der Waals surface area contributed by atoms with Crippen molar-refractivity contribution >= 4 is 51.5 Å². The average Bonchev–Trinajstić information content (AvgIpc) is 3.71. The molecule has 0 saturated heterocycles. The molecule has 0 radical (unpaired) electrons. The van der Waals surface area contributed by atoms with Gasteiger partial charge >= 0.3 is 0 Å². The molecule has 1 saturated carbocycles. The maximum absolute atomic E-state index is 14.5. The number of fused-ring (bicyclic) bond motifs is 1. The summed E-state index contributed by atoms with van der Waals surface area (Å²) >= 11 is 7.56. The van der Waals surface area contributed by atoms with Crippen LogP contribution in [0, 0.1) is 0 Å². The van der Waals surface area contributed by atoms with Crippen LogP contribution in [0.2, 0.25) is 5.02 Å². The van der Waals surface area contributed by atoms with Gasteiger partial charge in [-0.1, -0.05) is 60.3 Å². The number of benzene rings is 3. The van der Waals surface area contributed by atoms with Gasteiger partial charge in [0, 0.05) is 22.0 Å². The van der Waals surface area contributed by atoms with E-state index in [0.29, 0.717) is 40.6 Å². The van der Waals surface area contributed by atoms with E-state index in [0.717, 1.165) is 41.0 Å². The Morgan fingerprint density at radius 2 is 1.80 bits per heavy atom. The zero-order valence-electron chi connectivity index (χ0n) is 25.0. The molecular formula is C33H33ClN6O4S. The first-order valence-corrected chi connectivity index (χ1v) is 16.0. The molecule has 1 aliphatic carbocycles. The van der Waals surface area contributed by atoms with E-state index in [9.17, 15) is 9.59 Å². The molecule has 1 aliphatic rings. The second kappa shape index (κ2) is 13.3. The van der Waals surface area contributed by atoms with Crippen molar-refractivity contribution in [1.82, 2.24) is 24.9 Å². The molecule has 6 rings (SSSR count). The highest BCUT2D eigenvalue weighted by molar-refractivity contribution is 7.09. The fourth-order valence-electron chi connectivity index (χ4n) is 5.89. The summed E-state index contributed by atoms with van der Waals surface area (Å²) in [5.41, 5.74) is 2.53. The molecule has 2 aromatic heterocycles. The number of thiazole rings is 1. The van der Waals surface area contributed by atoms with Crippen molar-refractivity contribution in [2.24, 2.45) is 0 Å². The molecule has 0 spiro atoms. The number of nitrogens with zero attached hydrogens (tertiary/aromatic N) is 5. The fourth-order valence-corrected chi connectivity index (χ4v) is 6.81. The Morgan fingerprint density at radius 3 is 2.56 bits per heavy atom. The summed E-state index contributed by atoms with van der Waals surface area (Å²) in [6.45, 7) is 0.0910. The second-order valence-electron chi connectivity index (χ2n) is 11.0. The van der Waals surface area contributed by atoms with Gasteiger partial charge in [-0.15, -0.1) is 16.4 Å². The van der Waals surface area contributed by atoms with E-state index >= 15 is 0 Å². The standard InChI is InChI=1S/C33H33ClN6O4S/c1-43-24-14-15-26(29(18-24)44-2)36-32(42)33(16-6-3-7-17-33)39(31(41)20-40-28-9-5-4-8-25(28)37-38-40)19-30-35-27(21-45-30)22-10-12-23(34)13-11-22/h4-5,8-15,18,21H,3,6-7,16-17,19-20H2,1-2H3,(H,36,42). The van der Waals surface area contributed by atoms with E-state index < -0.39 is 5.54 Å². The Labute approximate surface area is 269 Å². The molecule has 0 unspecified atom stereocenters.